The average Bonchev–Trinajstić information content (AvgIpc) is 2.57. The smallest absolute Gasteiger partial charge is 0.0320 e. The largest absolute Gasteiger partial charge is 0.0853 e. The van der Waals surface area contributed by atoms with Gasteiger partial charge < -0.3 is 0 Å². The SMILES string of the molecule is [CH2]CCCCCC=C1CCCC1. The van der Waals surface area contributed by atoms with Crippen molar-refractivity contribution < 1.29 is 0 Å². The third-order valence-electron chi connectivity index (χ3n) is 2.63. The molecule has 0 atom stereocenters. The third kappa shape index (κ3) is 3.94. The predicted octanol–water partition coefficient (Wildman–Crippen LogP) is 4.27. The molecule has 0 heterocycles. The predicted molar refractivity (Wildman–Crippen MR) is 55.0 cm³/mol. The summed E-state index contributed by atoms with van der Waals surface area (Å²) in [7, 11) is 0. The summed E-state index contributed by atoms with van der Waals surface area (Å²) in [5.41, 5.74) is 1.73. The zero-order valence-corrected chi connectivity index (χ0v) is 8.15. The normalized spacial score (nSPS) is 16.9. The van der Waals surface area contributed by atoms with Gasteiger partial charge >= 0.3 is 0 Å². The highest BCUT2D eigenvalue weighted by atomic mass is 14.1. The summed E-state index contributed by atoms with van der Waals surface area (Å²) in [5.74, 6) is 0. The summed E-state index contributed by atoms with van der Waals surface area (Å²) in [6.07, 6.45) is 14.6. The molecular formula is C12H21. The van der Waals surface area contributed by atoms with Crippen LogP contribution in [0.2, 0.25) is 0 Å². The highest BCUT2D eigenvalue weighted by Crippen LogP contribution is 2.24. The molecule has 1 fully saturated rings. The van der Waals surface area contributed by atoms with Crippen molar-refractivity contribution in [2.45, 2.75) is 57.8 Å². The topological polar surface area (TPSA) is 0 Å². The molecule has 0 aromatic heterocycles. The molecule has 0 aliphatic heterocycles. The molecule has 0 spiro atoms. The van der Waals surface area contributed by atoms with E-state index in [4.69, 9.17) is 0 Å². The van der Waals surface area contributed by atoms with E-state index in [1.165, 1.54) is 51.4 Å². The van der Waals surface area contributed by atoms with Crippen molar-refractivity contribution in [3.63, 3.8) is 0 Å². The Bertz CT molecular complexity index is 125. The summed E-state index contributed by atoms with van der Waals surface area (Å²) in [5, 5.41) is 0. The summed E-state index contributed by atoms with van der Waals surface area (Å²) in [4.78, 5) is 0. The van der Waals surface area contributed by atoms with Crippen LogP contribution in [0.5, 0.6) is 0 Å². The van der Waals surface area contributed by atoms with Crippen molar-refractivity contribution in [2.75, 3.05) is 0 Å². The monoisotopic (exact) mass is 165 g/mol. The molecule has 1 radical (unpaired) electrons. The van der Waals surface area contributed by atoms with Crippen LogP contribution in [0.25, 0.3) is 0 Å². The van der Waals surface area contributed by atoms with E-state index in [9.17, 15) is 0 Å². The van der Waals surface area contributed by atoms with Gasteiger partial charge in [0.15, 0.2) is 0 Å². The molecule has 12 heavy (non-hydrogen) atoms. The Morgan fingerprint density at radius 2 is 1.83 bits per heavy atom. The van der Waals surface area contributed by atoms with Crippen molar-refractivity contribution in [3.8, 4) is 0 Å². The Balaban J connectivity index is 1.96. The van der Waals surface area contributed by atoms with Crippen molar-refractivity contribution in [2.24, 2.45) is 0 Å². The minimum Gasteiger partial charge on any atom is -0.0853 e. The highest BCUT2D eigenvalue weighted by Gasteiger charge is 2.04. The lowest BCUT2D eigenvalue weighted by atomic mass is 10.1. The van der Waals surface area contributed by atoms with Gasteiger partial charge in [-0.1, -0.05) is 37.8 Å². The van der Waals surface area contributed by atoms with Crippen molar-refractivity contribution in [1.29, 1.82) is 0 Å². The zero-order valence-electron chi connectivity index (χ0n) is 8.15. The lowest BCUT2D eigenvalue weighted by Crippen LogP contribution is -1.76. The molecule has 1 aliphatic carbocycles. The van der Waals surface area contributed by atoms with E-state index < -0.39 is 0 Å². The van der Waals surface area contributed by atoms with Crippen LogP contribution in [-0.2, 0) is 0 Å². The second-order valence-electron chi connectivity index (χ2n) is 3.77. The van der Waals surface area contributed by atoms with E-state index in [1.54, 1.807) is 5.57 Å². The molecule has 0 saturated heterocycles. The maximum Gasteiger partial charge on any atom is -0.0320 e. The van der Waals surface area contributed by atoms with Gasteiger partial charge in [-0.15, -0.1) is 0 Å². The Morgan fingerprint density at radius 1 is 1.08 bits per heavy atom. The lowest BCUT2D eigenvalue weighted by Gasteiger charge is -1.96. The molecule has 1 aliphatic rings. The fourth-order valence-electron chi connectivity index (χ4n) is 1.84. The molecule has 0 N–H and O–H groups in total. The maximum absolute atomic E-state index is 3.85. The Hall–Kier alpha value is -0.260. The average molecular weight is 165 g/mol. The van der Waals surface area contributed by atoms with Crippen LogP contribution in [0.3, 0.4) is 0 Å². The quantitative estimate of drug-likeness (QED) is 0.421. The van der Waals surface area contributed by atoms with E-state index in [0.29, 0.717) is 0 Å². The first-order valence-electron chi connectivity index (χ1n) is 5.40. The van der Waals surface area contributed by atoms with Crippen molar-refractivity contribution in [3.05, 3.63) is 18.6 Å². The summed E-state index contributed by atoms with van der Waals surface area (Å²) in [6, 6.07) is 0. The highest BCUT2D eigenvalue weighted by molar-refractivity contribution is 5.05. The van der Waals surface area contributed by atoms with E-state index in [2.05, 4.69) is 13.0 Å². The molecule has 0 nitrogen and oxygen atoms in total. The number of rotatable bonds is 5. The van der Waals surface area contributed by atoms with Gasteiger partial charge in [-0.2, -0.15) is 0 Å². The summed E-state index contributed by atoms with van der Waals surface area (Å²) in [6.45, 7) is 3.85. The Labute approximate surface area is 77.1 Å². The van der Waals surface area contributed by atoms with Crippen LogP contribution < -0.4 is 0 Å². The van der Waals surface area contributed by atoms with Gasteiger partial charge in [0, 0.05) is 0 Å². The summed E-state index contributed by atoms with van der Waals surface area (Å²) >= 11 is 0. The fraction of sp³-hybridized carbons (Fsp3) is 0.750. The van der Waals surface area contributed by atoms with Gasteiger partial charge in [-0.3, -0.25) is 0 Å². The van der Waals surface area contributed by atoms with Gasteiger partial charge in [0.1, 0.15) is 0 Å². The van der Waals surface area contributed by atoms with Crippen molar-refractivity contribution >= 4 is 0 Å². The first-order valence-corrected chi connectivity index (χ1v) is 5.40. The minimum absolute atomic E-state index is 1.11. The van der Waals surface area contributed by atoms with Crippen LogP contribution in [0.4, 0.5) is 0 Å². The van der Waals surface area contributed by atoms with Gasteiger partial charge in [0.25, 0.3) is 0 Å². The molecule has 1 saturated carbocycles. The Morgan fingerprint density at radius 3 is 2.50 bits per heavy atom. The molecule has 0 bridgehead atoms. The zero-order chi connectivity index (χ0) is 8.65. The van der Waals surface area contributed by atoms with E-state index in [0.717, 1.165) is 6.42 Å². The number of allylic oxidation sites excluding steroid dienone is 2. The van der Waals surface area contributed by atoms with E-state index >= 15 is 0 Å². The number of unbranched alkanes of at least 4 members (excludes halogenated alkanes) is 4. The van der Waals surface area contributed by atoms with Crippen LogP contribution in [-0.4, -0.2) is 0 Å². The van der Waals surface area contributed by atoms with Crippen LogP contribution >= 0.6 is 0 Å². The van der Waals surface area contributed by atoms with Crippen LogP contribution in [0, 0.1) is 6.92 Å². The standard InChI is InChI=1S/C12H21/c1-2-3-4-5-6-9-12-10-7-8-11-12/h9H,1-8,10-11H2. The molecule has 0 amide bonds. The fourth-order valence-corrected chi connectivity index (χ4v) is 1.84. The number of hydrogen-bond donors (Lipinski definition) is 0. The second-order valence-corrected chi connectivity index (χ2v) is 3.77. The molecule has 0 unspecified atom stereocenters. The number of hydrogen-bond acceptors (Lipinski definition) is 0. The maximum atomic E-state index is 3.85. The first kappa shape index (κ1) is 9.83. The van der Waals surface area contributed by atoms with Gasteiger partial charge in [0.05, 0.1) is 0 Å². The van der Waals surface area contributed by atoms with E-state index in [-0.39, 0.29) is 0 Å². The third-order valence-corrected chi connectivity index (χ3v) is 2.63. The lowest BCUT2D eigenvalue weighted by molar-refractivity contribution is 0.692. The van der Waals surface area contributed by atoms with E-state index in [1.807, 2.05) is 0 Å². The van der Waals surface area contributed by atoms with Crippen LogP contribution in [0.15, 0.2) is 11.6 Å². The first-order chi connectivity index (χ1) is 5.93. The molecule has 0 aromatic rings. The minimum atomic E-state index is 1.11. The molecule has 0 heteroatoms. The van der Waals surface area contributed by atoms with Crippen molar-refractivity contribution in [1.82, 2.24) is 0 Å². The van der Waals surface area contributed by atoms with Crippen LogP contribution in [0.1, 0.15) is 57.8 Å². The molecular weight excluding hydrogens is 144 g/mol. The van der Waals surface area contributed by atoms with Gasteiger partial charge in [-0.25, -0.2) is 0 Å². The Kier molecular flexibility index (Phi) is 5.14. The molecule has 69 valence electrons. The molecule has 1 rings (SSSR count). The van der Waals surface area contributed by atoms with Gasteiger partial charge in [0.2, 0.25) is 0 Å². The summed E-state index contributed by atoms with van der Waals surface area (Å²) < 4.78 is 0. The molecule has 0 aromatic carbocycles. The second kappa shape index (κ2) is 6.28. The van der Waals surface area contributed by atoms with Gasteiger partial charge in [-0.05, 0) is 38.5 Å².